The van der Waals surface area contributed by atoms with Crippen molar-refractivity contribution in [3.05, 3.63) is 72.8 Å². The zero-order valence-corrected chi connectivity index (χ0v) is 19.3. The van der Waals surface area contributed by atoms with Gasteiger partial charge in [0.05, 0.1) is 22.3 Å². The van der Waals surface area contributed by atoms with E-state index in [0.29, 0.717) is 56.0 Å². The molecule has 1 fully saturated rings. The summed E-state index contributed by atoms with van der Waals surface area (Å²) in [7, 11) is 0. The molecule has 4 heterocycles. The van der Waals surface area contributed by atoms with Crippen molar-refractivity contribution in [3.63, 3.8) is 0 Å². The van der Waals surface area contributed by atoms with E-state index in [9.17, 15) is 9.59 Å². The molecule has 3 aromatic heterocycles. The molecule has 9 nitrogen and oxygen atoms in total. The highest BCUT2D eigenvalue weighted by atomic mass is 16.2. The third kappa shape index (κ3) is 4.58. The normalized spacial score (nSPS) is 13.7. The van der Waals surface area contributed by atoms with E-state index in [0.717, 1.165) is 22.2 Å². The van der Waals surface area contributed by atoms with Gasteiger partial charge in [-0.1, -0.05) is 30.3 Å². The van der Waals surface area contributed by atoms with Crippen LogP contribution in [0.3, 0.4) is 0 Å². The molecule has 9 heteroatoms. The minimum Gasteiger partial charge on any atom is -0.367 e. The molecule has 0 spiro atoms. The quantitative estimate of drug-likeness (QED) is 0.399. The van der Waals surface area contributed by atoms with Crippen molar-refractivity contribution in [1.82, 2.24) is 19.9 Å². The summed E-state index contributed by atoms with van der Waals surface area (Å²) in [6.07, 6.45) is 7.16. The van der Waals surface area contributed by atoms with Crippen LogP contribution >= 0.6 is 0 Å². The van der Waals surface area contributed by atoms with Gasteiger partial charge in [-0.2, -0.15) is 0 Å². The van der Waals surface area contributed by atoms with Crippen molar-refractivity contribution < 1.29 is 9.59 Å². The first kappa shape index (κ1) is 22.5. The first-order valence-corrected chi connectivity index (χ1v) is 11.7. The lowest BCUT2D eigenvalue weighted by atomic mass is 10.0. The second kappa shape index (κ2) is 9.94. The fraction of sp³-hybridized carbons (Fsp3) is 0.231. The molecule has 0 radical (unpaired) electrons. The summed E-state index contributed by atoms with van der Waals surface area (Å²) in [5, 5.41) is 3.87. The number of carbonyl (C=O) groups excluding carboxylic acids is 2. The lowest BCUT2D eigenvalue weighted by molar-refractivity contribution is -0.131. The Bertz CT molecular complexity index is 1330. The van der Waals surface area contributed by atoms with Gasteiger partial charge in [-0.15, -0.1) is 0 Å². The number of hydrogen-bond donors (Lipinski definition) is 3. The minimum absolute atomic E-state index is 0.0846. The average molecular weight is 470 g/mol. The lowest BCUT2D eigenvalue weighted by Gasteiger charge is -2.37. The van der Waals surface area contributed by atoms with E-state index in [1.54, 1.807) is 24.5 Å². The number of nitrogens with one attached hydrogen (secondary N) is 2. The number of anilines is 2. The highest BCUT2D eigenvalue weighted by Crippen LogP contribution is 2.40. The fourth-order valence-corrected chi connectivity index (χ4v) is 4.49. The summed E-state index contributed by atoms with van der Waals surface area (Å²) in [5.74, 6) is -0.159. The van der Waals surface area contributed by atoms with E-state index in [2.05, 4.69) is 25.2 Å². The minimum atomic E-state index is -0.243. The number of amides is 2. The van der Waals surface area contributed by atoms with Crippen LogP contribution in [0.4, 0.5) is 11.4 Å². The van der Waals surface area contributed by atoms with Crippen molar-refractivity contribution in [1.29, 1.82) is 0 Å². The van der Waals surface area contributed by atoms with Gasteiger partial charge in [0.25, 0.3) is 5.91 Å². The second-order valence-electron chi connectivity index (χ2n) is 8.41. The van der Waals surface area contributed by atoms with E-state index < -0.39 is 0 Å². The van der Waals surface area contributed by atoms with E-state index in [-0.39, 0.29) is 11.8 Å². The molecule has 0 atom stereocenters. The summed E-state index contributed by atoms with van der Waals surface area (Å²) < 4.78 is 0. The van der Waals surface area contributed by atoms with Crippen LogP contribution in [0, 0.1) is 0 Å². The van der Waals surface area contributed by atoms with Gasteiger partial charge in [0.2, 0.25) is 5.91 Å². The van der Waals surface area contributed by atoms with Crippen molar-refractivity contribution in [2.24, 2.45) is 5.73 Å². The standard InChI is InChI=1S/C26H27N7O2/c27-9-8-22(34)32-11-13-33(14-12-32)24-20(18-5-2-1-3-6-18)16-29-25-23(24)21(17-30-25)31-26(35)19-7-4-10-28-15-19/h1-7,10,15-17H,8-9,11-14,27H2,(H,29,30)(H,31,35). The summed E-state index contributed by atoms with van der Waals surface area (Å²) in [5.41, 5.74) is 10.4. The second-order valence-corrected chi connectivity index (χ2v) is 8.41. The van der Waals surface area contributed by atoms with Crippen LogP contribution in [0.5, 0.6) is 0 Å². The molecule has 178 valence electrons. The number of nitrogens with two attached hydrogens (primary N) is 1. The molecule has 35 heavy (non-hydrogen) atoms. The third-order valence-corrected chi connectivity index (χ3v) is 6.24. The molecule has 0 aliphatic carbocycles. The SMILES string of the molecule is NCCC(=O)N1CCN(c2c(-c3ccccc3)cnc3[nH]cc(NC(=O)c4cccnc4)c23)CC1. The van der Waals surface area contributed by atoms with Crippen LogP contribution < -0.4 is 16.0 Å². The van der Waals surface area contributed by atoms with Crippen LogP contribution in [0.25, 0.3) is 22.2 Å². The summed E-state index contributed by atoms with van der Waals surface area (Å²) >= 11 is 0. The number of aromatic nitrogens is 3. The number of rotatable bonds is 6. The maximum atomic E-state index is 12.9. The number of benzene rings is 1. The zero-order valence-electron chi connectivity index (χ0n) is 19.3. The van der Waals surface area contributed by atoms with Gasteiger partial charge in [0.15, 0.2) is 0 Å². The van der Waals surface area contributed by atoms with Gasteiger partial charge in [-0.25, -0.2) is 4.98 Å². The highest BCUT2D eigenvalue weighted by Gasteiger charge is 2.26. The highest BCUT2D eigenvalue weighted by molar-refractivity contribution is 6.13. The lowest BCUT2D eigenvalue weighted by Crippen LogP contribution is -2.49. The molecule has 0 unspecified atom stereocenters. The molecule has 1 aliphatic rings. The smallest absolute Gasteiger partial charge is 0.257 e. The van der Waals surface area contributed by atoms with Crippen LogP contribution in [0.15, 0.2) is 67.3 Å². The number of H-pyrrole nitrogens is 1. The molecule has 1 aromatic carbocycles. The van der Waals surface area contributed by atoms with Crippen molar-refractivity contribution in [2.45, 2.75) is 6.42 Å². The van der Waals surface area contributed by atoms with Crippen LogP contribution in [0.1, 0.15) is 16.8 Å². The molecular formula is C26H27N7O2. The van der Waals surface area contributed by atoms with Crippen molar-refractivity contribution >= 4 is 34.2 Å². The number of nitrogens with zero attached hydrogens (tertiary/aromatic N) is 4. The molecule has 0 saturated carbocycles. The summed E-state index contributed by atoms with van der Waals surface area (Å²) in [6.45, 7) is 2.90. The maximum Gasteiger partial charge on any atom is 0.257 e. The molecule has 1 aliphatic heterocycles. The van der Waals surface area contributed by atoms with Crippen LogP contribution in [-0.4, -0.2) is 64.4 Å². The molecule has 5 rings (SSSR count). The van der Waals surface area contributed by atoms with Gasteiger partial charge in [0, 0.05) is 69.5 Å². The van der Waals surface area contributed by atoms with Crippen molar-refractivity contribution in [3.8, 4) is 11.1 Å². The first-order chi connectivity index (χ1) is 17.2. The Labute approximate surface area is 203 Å². The molecule has 1 saturated heterocycles. The van der Waals surface area contributed by atoms with Gasteiger partial charge in [-0.3, -0.25) is 14.6 Å². The van der Waals surface area contributed by atoms with E-state index in [1.165, 1.54) is 6.20 Å². The Kier molecular flexibility index (Phi) is 6.40. The first-order valence-electron chi connectivity index (χ1n) is 11.7. The van der Waals surface area contributed by atoms with E-state index in [1.807, 2.05) is 41.4 Å². The third-order valence-electron chi connectivity index (χ3n) is 6.24. The van der Waals surface area contributed by atoms with Gasteiger partial charge >= 0.3 is 0 Å². The summed E-state index contributed by atoms with van der Waals surface area (Å²) in [4.78, 5) is 41.3. The Morgan fingerprint density at radius 1 is 1.03 bits per heavy atom. The Morgan fingerprint density at radius 3 is 2.54 bits per heavy atom. The largest absolute Gasteiger partial charge is 0.367 e. The molecule has 4 N–H and O–H groups in total. The number of hydrogen-bond acceptors (Lipinski definition) is 6. The van der Waals surface area contributed by atoms with Crippen LogP contribution in [0.2, 0.25) is 0 Å². The predicted molar refractivity (Wildman–Crippen MR) is 136 cm³/mol. The predicted octanol–water partition coefficient (Wildman–Crippen LogP) is 2.87. The number of fused-ring (bicyclic) bond motifs is 1. The monoisotopic (exact) mass is 469 g/mol. The number of pyridine rings is 2. The fourth-order valence-electron chi connectivity index (χ4n) is 4.49. The Balaban J connectivity index is 1.55. The molecule has 2 amide bonds. The number of aromatic amines is 1. The molecular weight excluding hydrogens is 442 g/mol. The van der Waals surface area contributed by atoms with Crippen LogP contribution in [-0.2, 0) is 4.79 Å². The Hall–Kier alpha value is -4.24. The number of piperazine rings is 1. The van der Waals surface area contributed by atoms with Gasteiger partial charge < -0.3 is 25.8 Å². The molecule has 0 bridgehead atoms. The Morgan fingerprint density at radius 2 is 1.83 bits per heavy atom. The van der Waals surface area contributed by atoms with Gasteiger partial charge in [0.1, 0.15) is 5.65 Å². The summed E-state index contributed by atoms with van der Waals surface area (Å²) in [6, 6.07) is 13.5. The number of carbonyl (C=O) groups is 2. The molecule has 4 aromatic rings. The van der Waals surface area contributed by atoms with Crippen molar-refractivity contribution in [2.75, 3.05) is 42.9 Å². The van der Waals surface area contributed by atoms with Gasteiger partial charge in [-0.05, 0) is 17.7 Å². The average Bonchev–Trinajstić information content (AvgIpc) is 3.32. The maximum absolute atomic E-state index is 12.9. The topological polar surface area (TPSA) is 120 Å². The van der Waals surface area contributed by atoms with E-state index in [4.69, 9.17) is 5.73 Å². The zero-order chi connectivity index (χ0) is 24.2. The van der Waals surface area contributed by atoms with E-state index >= 15 is 0 Å².